The summed E-state index contributed by atoms with van der Waals surface area (Å²) in [5, 5.41) is 18.2. The number of nitrogens with zero attached hydrogens (tertiary/aromatic N) is 2. The van der Waals surface area contributed by atoms with Crippen LogP contribution in [-0.2, 0) is 4.79 Å². The standard InChI is InChI=1S/C18H20N2O2/c21-16-8-4-7-14(11-16)19-20-15-9-10-17(18(22)12-15)13-5-2-1-3-6-13/h1-3,5-6,8,10,14-15,21H,4,7,9,11-12H2. The van der Waals surface area contributed by atoms with Crippen LogP contribution in [0.5, 0.6) is 0 Å². The molecule has 2 atom stereocenters. The summed E-state index contributed by atoms with van der Waals surface area (Å²) >= 11 is 0. The lowest BCUT2D eigenvalue weighted by molar-refractivity contribution is -0.114. The molecule has 1 aromatic carbocycles. The molecular weight excluding hydrogens is 276 g/mol. The molecule has 114 valence electrons. The Balaban J connectivity index is 1.64. The van der Waals surface area contributed by atoms with E-state index in [1.54, 1.807) is 0 Å². The Labute approximate surface area is 130 Å². The molecule has 0 heterocycles. The summed E-state index contributed by atoms with van der Waals surface area (Å²) in [6.45, 7) is 0. The van der Waals surface area contributed by atoms with Gasteiger partial charge in [-0.3, -0.25) is 4.79 Å². The van der Waals surface area contributed by atoms with E-state index in [9.17, 15) is 9.90 Å². The van der Waals surface area contributed by atoms with Gasteiger partial charge >= 0.3 is 0 Å². The maximum atomic E-state index is 12.3. The molecule has 0 spiro atoms. The average Bonchev–Trinajstić information content (AvgIpc) is 2.54. The van der Waals surface area contributed by atoms with Crippen LogP contribution in [0.15, 0.2) is 58.5 Å². The van der Waals surface area contributed by atoms with Gasteiger partial charge in [0, 0.05) is 18.4 Å². The molecule has 4 nitrogen and oxygen atoms in total. The second kappa shape index (κ2) is 6.69. The highest BCUT2D eigenvalue weighted by Gasteiger charge is 2.23. The SMILES string of the molecule is O=C1CC(N=NC2CCC=C(O)C2)CC=C1c1ccccc1. The first-order chi connectivity index (χ1) is 10.7. The number of carbonyl (C=O) groups excluding carboxylic acids is 1. The molecule has 22 heavy (non-hydrogen) atoms. The molecule has 0 radical (unpaired) electrons. The molecule has 0 fully saturated rings. The van der Waals surface area contributed by atoms with Gasteiger partial charge in [-0.05, 0) is 30.9 Å². The Bertz CT molecular complexity index is 632. The molecule has 0 amide bonds. The van der Waals surface area contributed by atoms with E-state index in [1.165, 1.54) is 0 Å². The summed E-state index contributed by atoms with van der Waals surface area (Å²) in [7, 11) is 0. The maximum absolute atomic E-state index is 12.3. The number of ketones is 1. The van der Waals surface area contributed by atoms with Crippen LogP contribution < -0.4 is 0 Å². The van der Waals surface area contributed by atoms with Gasteiger partial charge in [0.15, 0.2) is 5.78 Å². The van der Waals surface area contributed by atoms with Crippen LogP contribution >= 0.6 is 0 Å². The predicted octanol–water partition coefficient (Wildman–Crippen LogP) is 4.25. The molecule has 2 aliphatic rings. The fourth-order valence-electron chi connectivity index (χ4n) is 2.92. The van der Waals surface area contributed by atoms with Crippen LogP contribution in [0.1, 0.15) is 37.7 Å². The van der Waals surface area contributed by atoms with E-state index in [0.717, 1.165) is 30.4 Å². The monoisotopic (exact) mass is 296 g/mol. The Hall–Kier alpha value is -2.23. The van der Waals surface area contributed by atoms with Gasteiger partial charge in [-0.15, -0.1) is 0 Å². The van der Waals surface area contributed by atoms with E-state index >= 15 is 0 Å². The van der Waals surface area contributed by atoms with Crippen molar-refractivity contribution >= 4 is 11.4 Å². The number of carbonyl (C=O) groups is 1. The van der Waals surface area contributed by atoms with E-state index in [2.05, 4.69) is 10.2 Å². The molecule has 0 saturated carbocycles. The number of hydrogen-bond acceptors (Lipinski definition) is 4. The molecular formula is C18H20N2O2. The number of Topliss-reactive ketones (excluding diaryl/α,β-unsaturated/α-hetero) is 1. The van der Waals surface area contributed by atoms with E-state index in [1.807, 2.05) is 42.5 Å². The largest absolute Gasteiger partial charge is 0.513 e. The lowest BCUT2D eigenvalue weighted by atomic mass is 9.90. The zero-order valence-corrected chi connectivity index (χ0v) is 12.5. The normalized spacial score (nSPS) is 25.9. The average molecular weight is 296 g/mol. The minimum absolute atomic E-state index is 0.0552. The van der Waals surface area contributed by atoms with Crippen LogP contribution in [0.25, 0.3) is 5.57 Å². The van der Waals surface area contributed by atoms with Gasteiger partial charge < -0.3 is 5.11 Å². The first-order valence-electron chi connectivity index (χ1n) is 7.79. The first kappa shape index (κ1) is 14.7. The first-order valence-corrected chi connectivity index (χ1v) is 7.79. The van der Waals surface area contributed by atoms with E-state index in [-0.39, 0.29) is 17.9 Å². The highest BCUT2D eigenvalue weighted by Crippen LogP contribution is 2.26. The minimum atomic E-state index is -0.0620. The molecule has 0 bridgehead atoms. The predicted molar refractivity (Wildman–Crippen MR) is 85.7 cm³/mol. The summed E-state index contributed by atoms with van der Waals surface area (Å²) in [5.41, 5.74) is 1.77. The molecule has 0 aliphatic heterocycles. The third-order valence-corrected chi connectivity index (χ3v) is 4.12. The summed E-state index contributed by atoms with van der Waals surface area (Å²) in [6, 6.07) is 9.75. The topological polar surface area (TPSA) is 62.0 Å². The summed E-state index contributed by atoms with van der Waals surface area (Å²) in [4.78, 5) is 12.3. The number of aliphatic hydroxyl groups excluding tert-OH is 1. The summed E-state index contributed by atoms with van der Waals surface area (Å²) in [5.74, 6) is 0.536. The number of benzene rings is 1. The van der Waals surface area contributed by atoms with Crippen molar-refractivity contribution in [1.29, 1.82) is 0 Å². The van der Waals surface area contributed by atoms with Crippen molar-refractivity contribution in [2.75, 3.05) is 0 Å². The Kier molecular flexibility index (Phi) is 4.47. The number of rotatable bonds is 3. The Morgan fingerprint density at radius 1 is 1.00 bits per heavy atom. The third-order valence-electron chi connectivity index (χ3n) is 4.12. The molecule has 2 aliphatic carbocycles. The lowest BCUT2D eigenvalue weighted by Crippen LogP contribution is -2.18. The second-order valence-electron chi connectivity index (χ2n) is 5.86. The Morgan fingerprint density at radius 3 is 2.50 bits per heavy atom. The summed E-state index contributed by atoms with van der Waals surface area (Å²) in [6.07, 6.45) is 7.30. The highest BCUT2D eigenvalue weighted by atomic mass is 16.3. The molecule has 3 rings (SSSR count). The minimum Gasteiger partial charge on any atom is -0.513 e. The van der Waals surface area contributed by atoms with Gasteiger partial charge in [0.25, 0.3) is 0 Å². The molecule has 1 N–H and O–H groups in total. The van der Waals surface area contributed by atoms with Gasteiger partial charge in [-0.25, -0.2) is 0 Å². The highest BCUT2D eigenvalue weighted by molar-refractivity contribution is 6.21. The second-order valence-corrected chi connectivity index (χ2v) is 5.86. The lowest BCUT2D eigenvalue weighted by Gasteiger charge is -2.19. The fourth-order valence-corrected chi connectivity index (χ4v) is 2.92. The van der Waals surface area contributed by atoms with Gasteiger partial charge in [0.2, 0.25) is 0 Å². The number of aliphatic hydroxyl groups is 1. The van der Waals surface area contributed by atoms with Crippen LogP contribution in [-0.4, -0.2) is 23.0 Å². The zero-order valence-electron chi connectivity index (χ0n) is 12.5. The van der Waals surface area contributed by atoms with Gasteiger partial charge in [0.1, 0.15) is 0 Å². The summed E-state index contributed by atoms with van der Waals surface area (Å²) < 4.78 is 0. The third kappa shape index (κ3) is 3.50. The van der Waals surface area contributed by atoms with Gasteiger partial charge in [-0.1, -0.05) is 36.4 Å². The van der Waals surface area contributed by atoms with Crippen molar-refractivity contribution in [3.8, 4) is 0 Å². The van der Waals surface area contributed by atoms with Gasteiger partial charge in [-0.2, -0.15) is 10.2 Å². The number of hydrogen-bond donors (Lipinski definition) is 1. The molecule has 4 heteroatoms. The molecule has 0 saturated heterocycles. The van der Waals surface area contributed by atoms with Crippen LogP contribution in [0.4, 0.5) is 0 Å². The van der Waals surface area contributed by atoms with Crippen LogP contribution in [0.3, 0.4) is 0 Å². The molecule has 1 aromatic rings. The van der Waals surface area contributed by atoms with Crippen molar-refractivity contribution in [2.45, 2.75) is 44.2 Å². The van der Waals surface area contributed by atoms with E-state index < -0.39 is 0 Å². The Morgan fingerprint density at radius 2 is 1.77 bits per heavy atom. The maximum Gasteiger partial charge on any atom is 0.165 e. The van der Waals surface area contributed by atoms with Crippen molar-refractivity contribution in [3.05, 3.63) is 53.8 Å². The fraction of sp³-hybridized carbons (Fsp3) is 0.389. The van der Waals surface area contributed by atoms with Crippen LogP contribution in [0, 0.1) is 0 Å². The van der Waals surface area contributed by atoms with E-state index in [4.69, 9.17) is 0 Å². The molecule has 0 aromatic heterocycles. The van der Waals surface area contributed by atoms with Crippen molar-refractivity contribution in [3.63, 3.8) is 0 Å². The van der Waals surface area contributed by atoms with E-state index in [0.29, 0.717) is 18.6 Å². The number of allylic oxidation sites excluding steroid dienone is 2. The zero-order chi connectivity index (χ0) is 15.4. The molecule has 2 unspecified atom stereocenters. The smallest absolute Gasteiger partial charge is 0.165 e. The van der Waals surface area contributed by atoms with Crippen molar-refractivity contribution in [1.82, 2.24) is 0 Å². The van der Waals surface area contributed by atoms with Crippen molar-refractivity contribution < 1.29 is 9.90 Å². The quantitative estimate of drug-likeness (QED) is 0.848. The van der Waals surface area contributed by atoms with Gasteiger partial charge in [0.05, 0.1) is 17.8 Å². The van der Waals surface area contributed by atoms with Crippen molar-refractivity contribution in [2.24, 2.45) is 10.2 Å². The number of azo groups is 1. The van der Waals surface area contributed by atoms with Crippen LogP contribution in [0.2, 0.25) is 0 Å².